The van der Waals surface area contributed by atoms with Crippen molar-refractivity contribution in [3.05, 3.63) is 0 Å². The predicted molar refractivity (Wildman–Crippen MR) is 156 cm³/mol. The average molecular weight is 627 g/mol. The molecule has 13 nitrogen and oxygen atoms in total. The fourth-order valence-corrected chi connectivity index (χ4v) is 2.66. The SMILES string of the molecule is CC(C)(C)OOC(C)(C)CCC(C)(C)OOC(=O)OCCOCCOC(=O)OOC(C)(C)CCC(C)(C)OOC(C)(C)C. The Balaban J connectivity index is 4.04. The molecule has 0 rings (SSSR count). The number of rotatable bonds is 20. The maximum atomic E-state index is 11.8. The standard InChI is InChI=1S/C30H58O13/c1-25(2,3)38-42-29(11,12)17-15-27(7,8)40-36-23(31)34-21-19-33-20-22-35-24(32)37-41-28(9,10)16-18-30(13,14)43-39-26(4,5)6/h15-22H2,1-14H3. The molecule has 0 unspecified atom stereocenters. The lowest BCUT2D eigenvalue weighted by Crippen LogP contribution is -2.34. The number of ether oxygens (including phenoxy) is 3. The molecule has 0 aliphatic heterocycles. The molecule has 0 atom stereocenters. The van der Waals surface area contributed by atoms with Gasteiger partial charge in [-0.25, -0.2) is 29.1 Å². The van der Waals surface area contributed by atoms with Crippen LogP contribution in [0.5, 0.6) is 0 Å². The Morgan fingerprint density at radius 1 is 0.395 bits per heavy atom. The topological polar surface area (TPSA) is 136 Å². The second kappa shape index (κ2) is 17.7. The lowest BCUT2D eigenvalue weighted by Gasteiger charge is -2.31. The summed E-state index contributed by atoms with van der Waals surface area (Å²) >= 11 is 0. The number of carbonyl (C=O) groups is 2. The van der Waals surface area contributed by atoms with Gasteiger partial charge in [0.25, 0.3) is 0 Å². The molecule has 0 aromatic carbocycles. The quantitative estimate of drug-likeness (QED) is 0.0577. The lowest BCUT2D eigenvalue weighted by molar-refractivity contribution is -0.400. The summed E-state index contributed by atoms with van der Waals surface area (Å²) in [4.78, 5) is 65.5. The summed E-state index contributed by atoms with van der Waals surface area (Å²) in [5.74, 6) is 0. The van der Waals surface area contributed by atoms with Crippen molar-refractivity contribution >= 4 is 12.3 Å². The molecule has 256 valence electrons. The van der Waals surface area contributed by atoms with Crippen LogP contribution in [0.3, 0.4) is 0 Å². The molecule has 13 heteroatoms. The highest BCUT2D eigenvalue weighted by Crippen LogP contribution is 2.28. The van der Waals surface area contributed by atoms with Crippen molar-refractivity contribution in [1.29, 1.82) is 0 Å². The van der Waals surface area contributed by atoms with Crippen molar-refractivity contribution in [1.82, 2.24) is 0 Å². The molecule has 0 radical (unpaired) electrons. The minimum atomic E-state index is -1.00. The fraction of sp³-hybridized carbons (Fsp3) is 0.933. The second-order valence-corrected chi connectivity index (χ2v) is 14.7. The summed E-state index contributed by atoms with van der Waals surface area (Å²) in [6.07, 6.45) is 0.218. The van der Waals surface area contributed by atoms with Crippen LogP contribution in [0.25, 0.3) is 0 Å². The third-order valence-corrected chi connectivity index (χ3v) is 5.26. The van der Waals surface area contributed by atoms with E-state index in [-0.39, 0.29) is 26.4 Å². The minimum Gasteiger partial charge on any atom is -0.430 e. The zero-order valence-electron chi connectivity index (χ0n) is 29.0. The first-order chi connectivity index (χ1) is 19.3. The van der Waals surface area contributed by atoms with Crippen molar-refractivity contribution in [2.75, 3.05) is 26.4 Å². The Kier molecular flexibility index (Phi) is 17.0. The first-order valence-corrected chi connectivity index (χ1v) is 14.7. The van der Waals surface area contributed by atoms with Crippen LogP contribution in [0.4, 0.5) is 9.59 Å². The van der Waals surface area contributed by atoms with E-state index < -0.39 is 45.9 Å². The van der Waals surface area contributed by atoms with Crippen LogP contribution >= 0.6 is 0 Å². The molecule has 0 amide bonds. The van der Waals surface area contributed by atoms with Gasteiger partial charge in [-0.3, -0.25) is 9.78 Å². The van der Waals surface area contributed by atoms with E-state index in [4.69, 9.17) is 53.3 Å². The van der Waals surface area contributed by atoms with E-state index in [1.54, 1.807) is 27.7 Å². The maximum Gasteiger partial charge on any atom is 0.540 e. The molecule has 0 aliphatic rings. The molecule has 0 aromatic heterocycles. The van der Waals surface area contributed by atoms with Gasteiger partial charge >= 0.3 is 12.3 Å². The molecule has 0 saturated carbocycles. The Hall–Kier alpha value is -1.74. The molecule has 0 spiro atoms. The summed E-state index contributed by atoms with van der Waals surface area (Å²) in [5.41, 5.74) is -3.55. The molecular weight excluding hydrogens is 568 g/mol. The van der Waals surface area contributed by atoms with Crippen molar-refractivity contribution in [2.45, 2.75) is 156 Å². The van der Waals surface area contributed by atoms with Crippen LogP contribution in [0.2, 0.25) is 0 Å². The number of hydrogen-bond donors (Lipinski definition) is 0. The van der Waals surface area contributed by atoms with Gasteiger partial charge in [-0.2, -0.15) is 9.78 Å². The first-order valence-electron chi connectivity index (χ1n) is 14.7. The normalized spacial score (nSPS) is 13.5. The predicted octanol–water partition coefficient (Wildman–Crippen LogP) is 7.34. The average Bonchev–Trinajstić information content (AvgIpc) is 2.85. The van der Waals surface area contributed by atoms with Crippen molar-refractivity contribution in [2.24, 2.45) is 0 Å². The highest BCUT2D eigenvalue weighted by Gasteiger charge is 2.31. The van der Waals surface area contributed by atoms with E-state index in [2.05, 4.69) is 0 Å². The van der Waals surface area contributed by atoms with Gasteiger partial charge in [-0.15, -0.1) is 0 Å². The monoisotopic (exact) mass is 626 g/mol. The van der Waals surface area contributed by atoms with Gasteiger partial charge in [0.2, 0.25) is 0 Å². The Morgan fingerprint density at radius 3 is 0.953 bits per heavy atom. The van der Waals surface area contributed by atoms with Crippen LogP contribution in [0.15, 0.2) is 0 Å². The van der Waals surface area contributed by atoms with E-state index >= 15 is 0 Å². The molecular formula is C30H58O13. The van der Waals surface area contributed by atoms with Gasteiger partial charge in [0.05, 0.1) is 35.6 Å². The largest absolute Gasteiger partial charge is 0.540 e. The van der Waals surface area contributed by atoms with E-state index in [0.717, 1.165) is 0 Å². The van der Waals surface area contributed by atoms with Crippen molar-refractivity contribution < 1.29 is 62.9 Å². The summed E-state index contributed by atoms with van der Waals surface area (Å²) in [6.45, 7) is 26.0. The molecule has 0 heterocycles. The van der Waals surface area contributed by atoms with Gasteiger partial charge in [-0.05, 0) is 123 Å². The van der Waals surface area contributed by atoms with E-state index in [1.807, 2.05) is 69.2 Å². The number of hydrogen-bond acceptors (Lipinski definition) is 13. The van der Waals surface area contributed by atoms with Gasteiger partial charge in [0, 0.05) is 0 Å². The Labute approximate surface area is 258 Å². The lowest BCUT2D eigenvalue weighted by atomic mass is 9.94. The molecule has 0 saturated heterocycles. The molecule has 0 bridgehead atoms. The minimum absolute atomic E-state index is 0.0521. The zero-order chi connectivity index (χ0) is 33.6. The second-order valence-electron chi connectivity index (χ2n) is 14.7. The van der Waals surface area contributed by atoms with Crippen LogP contribution in [-0.2, 0) is 53.3 Å². The highest BCUT2D eigenvalue weighted by molar-refractivity contribution is 5.59. The first kappa shape index (κ1) is 41.3. The van der Waals surface area contributed by atoms with Crippen molar-refractivity contribution in [3.8, 4) is 0 Å². The van der Waals surface area contributed by atoms with Gasteiger partial charge in [0.1, 0.15) is 24.4 Å². The van der Waals surface area contributed by atoms with Crippen LogP contribution in [0, 0.1) is 0 Å². The summed E-state index contributed by atoms with van der Waals surface area (Å²) in [5, 5.41) is 0. The van der Waals surface area contributed by atoms with E-state index in [0.29, 0.717) is 25.7 Å². The van der Waals surface area contributed by atoms with E-state index in [1.165, 1.54) is 0 Å². The fourth-order valence-electron chi connectivity index (χ4n) is 2.66. The van der Waals surface area contributed by atoms with Gasteiger partial charge in [-0.1, -0.05) is 0 Å². The maximum absolute atomic E-state index is 11.8. The third-order valence-electron chi connectivity index (χ3n) is 5.26. The van der Waals surface area contributed by atoms with Crippen molar-refractivity contribution in [3.63, 3.8) is 0 Å². The van der Waals surface area contributed by atoms with Gasteiger partial charge in [0.15, 0.2) is 0 Å². The Morgan fingerprint density at radius 2 is 0.674 bits per heavy atom. The highest BCUT2D eigenvalue weighted by atomic mass is 17.2. The molecule has 0 aliphatic carbocycles. The summed E-state index contributed by atoms with van der Waals surface area (Å²) in [6, 6.07) is 0. The Bertz CT molecular complexity index is 742. The molecule has 43 heavy (non-hydrogen) atoms. The smallest absolute Gasteiger partial charge is 0.430 e. The summed E-state index contributed by atoms with van der Waals surface area (Å²) < 4.78 is 15.1. The van der Waals surface area contributed by atoms with Crippen LogP contribution in [-0.4, -0.2) is 72.3 Å². The molecule has 0 aromatic rings. The molecule has 0 fully saturated rings. The van der Waals surface area contributed by atoms with Gasteiger partial charge < -0.3 is 14.2 Å². The van der Waals surface area contributed by atoms with Crippen LogP contribution < -0.4 is 0 Å². The third kappa shape index (κ3) is 25.3. The van der Waals surface area contributed by atoms with E-state index in [9.17, 15) is 9.59 Å². The number of carbonyl (C=O) groups excluding carboxylic acids is 2. The summed E-state index contributed by atoms with van der Waals surface area (Å²) in [7, 11) is 0. The zero-order valence-corrected chi connectivity index (χ0v) is 29.0. The van der Waals surface area contributed by atoms with Crippen LogP contribution in [0.1, 0.15) is 123 Å². The molecule has 0 N–H and O–H groups in total.